The molecule has 0 heterocycles. The Bertz CT molecular complexity index is 608. The number of nitrogens with zero attached hydrogens (tertiary/aromatic N) is 1. The number of hydrogen-bond donors (Lipinski definition) is 1. The molecule has 2 rings (SSSR count). The summed E-state index contributed by atoms with van der Waals surface area (Å²) >= 11 is 0. The summed E-state index contributed by atoms with van der Waals surface area (Å²) in [6.07, 6.45) is -3.01. The molecule has 0 bridgehead atoms. The van der Waals surface area contributed by atoms with E-state index in [1.807, 2.05) is 0 Å². The molecule has 1 N–H and O–H groups in total. The van der Waals surface area contributed by atoms with Crippen LogP contribution in [0.3, 0.4) is 0 Å². The highest BCUT2D eigenvalue weighted by Crippen LogP contribution is 2.44. The maximum absolute atomic E-state index is 13.5. The van der Waals surface area contributed by atoms with E-state index >= 15 is 0 Å². The maximum atomic E-state index is 13.5. The van der Waals surface area contributed by atoms with Gasteiger partial charge in [-0.3, -0.25) is 15.4 Å². The van der Waals surface area contributed by atoms with Gasteiger partial charge in [-0.15, -0.1) is 0 Å². The van der Waals surface area contributed by atoms with Crippen molar-refractivity contribution in [2.45, 2.75) is 18.1 Å². The Morgan fingerprint density at radius 2 is 1.86 bits per heavy atom. The molecule has 0 aliphatic heterocycles. The minimum absolute atomic E-state index is 0.396. The van der Waals surface area contributed by atoms with Crippen LogP contribution >= 0.6 is 0 Å². The lowest BCUT2D eigenvalue weighted by Gasteiger charge is -2.35. The van der Waals surface area contributed by atoms with Gasteiger partial charge in [-0.25, -0.2) is 0 Å². The fourth-order valence-corrected chi connectivity index (χ4v) is 2.43. The van der Waals surface area contributed by atoms with E-state index in [0.29, 0.717) is 11.1 Å². The van der Waals surface area contributed by atoms with Gasteiger partial charge in [0.05, 0.1) is 4.92 Å². The number of rotatable bonds is 3. The first-order valence-corrected chi connectivity index (χ1v) is 6.18. The summed E-state index contributed by atoms with van der Waals surface area (Å²) in [6.45, 7) is 0. The highest BCUT2D eigenvalue weighted by molar-refractivity contribution is 5.70. The molecule has 4 nitrogen and oxygen atoms in total. The number of nitro groups is 1. The van der Waals surface area contributed by atoms with Crippen molar-refractivity contribution in [3.05, 3.63) is 63.9 Å². The molecule has 1 unspecified atom stereocenters. The highest BCUT2D eigenvalue weighted by atomic mass is 19.4. The van der Waals surface area contributed by atoms with Gasteiger partial charge in [0.25, 0.3) is 5.70 Å². The second kappa shape index (κ2) is 5.33. The minimum Gasteiger partial charge on any atom is -0.297 e. The third-order valence-electron chi connectivity index (χ3n) is 3.59. The van der Waals surface area contributed by atoms with Gasteiger partial charge >= 0.3 is 6.18 Å². The maximum Gasteiger partial charge on any atom is 0.417 e. The average Bonchev–Trinajstić information content (AvgIpc) is 2.46. The van der Waals surface area contributed by atoms with Gasteiger partial charge in [0.1, 0.15) is 0 Å². The molecule has 0 saturated heterocycles. The second-order valence-corrected chi connectivity index (χ2v) is 4.70. The zero-order valence-electron chi connectivity index (χ0n) is 11.1. The van der Waals surface area contributed by atoms with Crippen LogP contribution in [-0.2, 0) is 0 Å². The van der Waals surface area contributed by atoms with Crippen molar-refractivity contribution in [2.75, 3.05) is 7.05 Å². The van der Waals surface area contributed by atoms with Gasteiger partial charge in [0.2, 0.25) is 5.54 Å². The molecular weight excluding hydrogens is 285 g/mol. The van der Waals surface area contributed by atoms with E-state index in [-0.39, 0.29) is 0 Å². The number of alkyl halides is 3. The molecule has 0 radical (unpaired) electrons. The quantitative estimate of drug-likeness (QED) is 0.689. The zero-order chi connectivity index (χ0) is 15.7. The van der Waals surface area contributed by atoms with Crippen LogP contribution in [0.15, 0.2) is 48.2 Å². The van der Waals surface area contributed by atoms with Crippen LogP contribution in [-0.4, -0.2) is 23.7 Å². The lowest BCUT2D eigenvalue weighted by atomic mass is 9.80. The SMILES string of the molecule is CNC1(C(F)(F)F)CC(c2ccccc2)=CC=C1[N+](=O)[O-]. The molecule has 0 amide bonds. The molecule has 7 heteroatoms. The molecule has 0 fully saturated rings. The van der Waals surface area contributed by atoms with Crippen molar-refractivity contribution < 1.29 is 18.1 Å². The number of nitrogens with one attached hydrogen (secondary N) is 1. The molecule has 1 aromatic carbocycles. The van der Waals surface area contributed by atoms with E-state index < -0.39 is 28.8 Å². The van der Waals surface area contributed by atoms with Crippen LogP contribution < -0.4 is 5.32 Å². The molecule has 0 spiro atoms. The van der Waals surface area contributed by atoms with Gasteiger partial charge in [0.15, 0.2) is 0 Å². The van der Waals surface area contributed by atoms with Crippen molar-refractivity contribution >= 4 is 5.57 Å². The minimum atomic E-state index is -4.78. The lowest BCUT2D eigenvalue weighted by Crippen LogP contribution is -2.59. The Morgan fingerprint density at radius 1 is 1.24 bits per heavy atom. The Hall–Kier alpha value is -2.15. The summed E-state index contributed by atoms with van der Waals surface area (Å²) in [5.41, 5.74) is -2.57. The molecule has 21 heavy (non-hydrogen) atoms. The number of likely N-dealkylation sites (N-methyl/N-ethyl adjacent to an activating group) is 1. The van der Waals surface area contributed by atoms with E-state index in [0.717, 1.165) is 13.1 Å². The van der Waals surface area contributed by atoms with Crippen molar-refractivity contribution in [2.24, 2.45) is 0 Å². The van der Waals surface area contributed by atoms with Gasteiger partial charge in [-0.2, -0.15) is 13.2 Å². The van der Waals surface area contributed by atoms with Crippen LogP contribution in [0.2, 0.25) is 0 Å². The smallest absolute Gasteiger partial charge is 0.297 e. The lowest BCUT2D eigenvalue weighted by molar-refractivity contribution is -0.446. The van der Waals surface area contributed by atoms with Gasteiger partial charge < -0.3 is 0 Å². The molecule has 0 aromatic heterocycles. The van der Waals surface area contributed by atoms with E-state index in [9.17, 15) is 23.3 Å². The Kier molecular flexibility index (Phi) is 3.87. The molecule has 0 saturated carbocycles. The van der Waals surface area contributed by atoms with E-state index in [2.05, 4.69) is 5.32 Å². The fraction of sp³-hybridized carbons (Fsp3) is 0.286. The summed E-state index contributed by atoms with van der Waals surface area (Å²) in [6, 6.07) is 8.51. The van der Waals surface area contributed by atoms with Crippen LogP contribution in [0.4, 0.5) is 13.2 Å². The number of allylic oxidation sites excluding steroid dienone is 2. The predicted molar refractivity (Wildman–Crippen MR) is 72.0 cm³/mol. The van der Waals surface area contributed by atoms with E-state index in [4.69, 9.17) is 0 Å². The van der Waals surface area contributed by atoms with Crippen molar-refractivity contribution in [3.8, 4) is 0 Å². The van der Waals surface area contributed by atoms with Crippen LogP contribution in [0.1, 0.15) is 12.0 Å². The highest BCUT2D eigenvalue weighted by Gasteiger charge is 2.62. The average molecular weight is 298 g/mol. The van der Waals surface area contributed by atoms with E-state index in [1.165, 1.54) is 6.08 Å². The summed E-state index contributed by atoms with van der Waals surface area (Å²) in [5.74, 6) is 0. The van der Waals surface area contributed by atoms with Gasteiger partial charge in [-0.05, 0) is 18.2 Å². The second-order valence-electron chi connectivity index (χ2n) is 4.70. The largest absolute Gasteiger partial charge is 0.417 e. The molecule has 1 aromatic rings. The molecular formula is C14H13F3N2O2. The zero-order valence-corrected chi connectivity index (χ0v) is 11.1. The molecule has 1 aliphatic rings. The third-order valence-corrected chi connectivity index (χ3v) is 3.59. The third kappa shape index (κ3) is 2.56. The van der Waals surface area contributed by atoms with Crippen LogP contribution in [0.25, 0.3) is 5.57 Å². The first-order chi connectivity index (χ1) is 9.82. The summed E-state index contributed by atoms with van der Waals surface area (Å²) in [7, 11) is 1.08. The summed E-state index contributed by atoms with van der Waals surface area (Å²) in [4.78, 5) is 10.0. The standard InChI is InChI=1S/C14H13F3N2O2/c1-18-13(14(15,16)17)9-11(7-8-12(13)19(20)21)10-5-3-2-4-6-10/h2-8,18H,9H2,1H3. The van der Waals surface area contributed by atoms with Crippen molar-refractivity contribution in [1.82, 2.24) is 5.32 Å². The van der Waals surface area contributed by atoms with Crippen LogP contribution in [0, 0.1) is 10.1 Å². The normalized spacial score (nSPS) is 22.5. The van der Waals surface area contributed by atoms with E-state index in [1.54, 1.807) is 30.3 Å². The molecule has 1 aliphatic carbocycles. The Morgan fingerprint density at radius 3 is 2.33 bits per heavy atom. The predicted octanol–water partition coefficient (Wildman–Crippen LogP) is 3.15. The fourth-order valence-electron chi connectivity index (χ4n) is 2.43. The number of halogens is 3. The van der Waals surface area contributed by atoms with Gasteiger partial charge in [-0.1, -0.05) is 36.4 Å². The first-order valence-electron chi connectivity index (χ1n) is 6.18. The Labute approximate surface area is 119 Å². The summed E-state index contributed by atoms with van der Waals surface area (Å²) in [5, 5.41) is 13.1. The molecule has 1 atom stereocenters. The number of hydrogen-bond acceptors (Lipinski definition) is 3. The first kappa shape index (κ1) is 15.2. The van der Waals surface area contributed by atoms with Crippen molar-refractivity contribution in [3.63, 3.8) is 0 Å². The monoisotopic (exact) mass is 298 g/mol. The Balaban J connectivity index is 2.56. The van der Waals surface area contributed by atoms with Crippen molar-refractivity contribution in [1.29, 1.82) is 0 Å². The summed E-state index contributed by atoms with van der Waals surface area (Å²) < 4.78 is 40.4. The molecule has 112 valence electrons. The topological polar surface area (TPSA) is 55.2 Å². The number of benzene rings is 1. The van der Waals surface area contributed by atoms with Crippen LogP contribution in [0.5, 0.6) is 0 Å². The van der Waals surface area contributed by atoms with Gasteiger partial charge in [0, 0.05) is 12.5 Å².